The minimum atomic E-state index is -1.57. The molecule has 1 amide bonds. The maximum Gasteiger partial charge on any atom is 0.305 e. The first kappa shape index (κ1) is 78.9. The van der Waals surface area contributed by atoms with Crippen molar-refractivity contribution in [2.75, 3.05) is 19.8 Å². The number of amides is 1. The van der Waals surface area contributed by atoms with Gasteiger partial charge in [-0.05, 0) is 64.2 Å². The van der Waals surface area contributed by atoms with Crippen LogP contribution >= 0.6 is 0 Å². The van der Waals surface area contributed by atoms with Crippen molar-refractivity contribution in [3.63, 3.8) is 0 Å². The number of unbranched alkanes of at least 4 members (excludes halogenated alkanes) is 45. The van der Waals surface area contributed by atoms with Gasteiger partial charge in [0.25, 0.3) is 0 Å². The summed E-state index contributed by atoms with van der Waals surface area (Å²) in [6.07, 6.45) is 68.7. The van der Waals surface area contributed by atoms with Crippen molar-refractivity contribution in [2.45, 2.75) is 391 Å². The molecule has 7 atom stereocenters. The Bertz CT molecular complexity index is 1470. The van der Waals surface area contributed by atoms with Crippen LogP contribution in [0.1, 0.15) is 348 Å². The standard InChI is InChI=1S/C72H135NO10/c1-3-5-7-9-11-13-14-15-16-30-34-37-40-44-48-52-56-60-68(77)81-61-57-53-49-45-41-38-35-32-29-27-25-23-21-19-17-18-20-22-24-26-28-31-33-36-39-43-47-51-55-59-67(76)73-64(65(75)58-54-50-46-42-12-10-8-6-4-2)63-82-72-71(80)70(79)69(78)66(62-74)83-72/h11,13,15-16,54,58,64-66,69-72,74-75,78-80H,3-10,12,14,17-53,55-57,59-63H2,1-2H3,(H,73,76)/b13-11-,16-15-,58-54+. The number of carbonyl (C=O) groups excluding carboxylic acids is 2. The molecule has 0 saturated carbocycles. The summed E-state index contributed by atoms with van der Waals surface area (Å²) in [5, 5.41) is 54.3. The number of hydrogen-bond acceptors (Lipinski definition) is 10. The third-order valence-electron chi connectivity index (χ3n) is 17.0. The Morgan fingerprint density at radius 2 is 0.807 bits per heavy atom. The van der Waals surface area contributed by atoms with E-state index in [2.05, 4.69) is 43.5 Å². The monoisotopic (exact) mass is 1170 g/mol. The minimum absolute atomic E-state index is 0.00325. The van der Waals surface area contributed by atoms with Crippen molar-refractivity contribution in [1.82, 2.24) is 5.32 Å². The first-order chi connectivity index (χ1) is 40.7. The highest BCUT2D eigenvalue weighted by Gasteiger charge is 2.44. The SMILES string of the molecule is CCCCC/C=C\C/C=C\CCCCCCCCCC(=O)OCCCCCCCCCCCCCCCCCCCCCCCCCCCCCCCC(=O)NC(COC1OC(CO)C(O)C(O)C1O)C(O)/C=C/CCCCCCCCC. The molecule has 6 N–H and O–H groups in total. The lowest BCUT2D eigenvalue weighted by molar-refractivity contribution is -0.302. The van der Waals surface area contributed by atoms with Gasteiger partial charge < -0.3 is 45.1 Å². The molecule has 1 rings (SSSR count). The summed E-state index contributed by atoms with van der Waals surface area (Å²) in [5.41, 5.74) is 0. The number of esters is 1. The predicted octanol–water partition coefficient (Wildman–Crippen LogP) is 18.2. The lowest BCUT2D eigenvalue weighted by Crippen LogP contribution is -2.60. The van der Waals surface area contributed by atoms with Gasteiger partial charge in [0.15, 0.2) is 6.29 Å². The van der Waals surface area contributed by atoms with E-state index >= 15 is 0 Å². The van der Waals surface area contributed by atoms with E-state index in [1.807, 2.05) is 6.08 Å². The Morgan fingerprint density at radius 3 is 1.24 bits per heavy atom. The third kappa shape index (κ3) is 50.6. The molecule has 0 aromatic heterocycles. The number of aliphatic hydroxyl groups is 5. The zero-order chi connectivity index (χ0) is 60.2. The van der Waals surface area contributed by atoms with E-state index in [0.717, 1.165) is 64.2 Å². The van der Waals surface area contributed by atoms with Crippen LogP contribution in [0.15, 0.2) is 36.5 Å². The topological polar surface area (TPSA) is 175 Å². The molecule has 7 unspecified atom stereocenters. The van der Waals surface area contributed by atoms with Gasteiger partial charge in [0, 0.05) is 12.8 Å². The van der Waals surface area contributed by atoms with Crippen LogP contribution in [0.25, 0.3) is 0 Å². The summed E-state index contributed by atoms with van der Waals surface area (Å²) in [4.78, 5) is 25.1. The molecule has 11 nitrogen and oxygen atoms in total. The van der Waals surface area contributed by atoms with Crippen molar-refractivity contribution in [1.29, 1.82) is 0 Å². The van der Waals surface area contributed by atoms with Crippen LogP contribution in [-0.2, 0) is 23.8 Å². The molecule has 1 heterocycles. The molecule has 1 fully saturated rings. The molecule has 11 heteroatoms. The second-order valence-electron chi connectivity index (χ2n) is 24.9. The normalized spacial score (nSPS) is 18.3. The number of ether oxygens (including phenoxy) is 3. The molecule has 0 aliphatic carbocycles. The summed E-state index contributed by atoms with van der Waals surface area (Å²) >= 11 is 0. The van der Waals surface area contributed by atoms with E-state index in [0.29, 0.717) is 19.4 Å². The molecule has 0 spiro atoms. The number of aliphatic hydroxyl groups excluding tert-OH is 5. The summed E-state index contributed by atoms with van der Waals surface area (Å²) in [6.45, 7) is 4.32. The predicted molar refractivity (Wildman–Crippen MR) is 347 cm³/mol. The van der Waals surface area contributed by atoms with Gasteiger partial charge >= 0.3 is 5.97 Å². The third-order valence-corrected chi connectivity index (χ3v) is 17.0. The summed E-state index contributed by atoms with van der Waals surface area (Å²) in [6, 6.07) is -0.806. The van der Waals surface area contributed by atoms with Gasteiger partial charge in [-0.25, -0.2) is 0 Å². The number of allylic oxidation sites excluding steroid dienone is 5. The van der Waals surface area contributed by atoms with E-state index < -0.39 is 49.5 Å². The zero-order valence-corrected chi connectivity index (χ0v) is 54.2. The maximum absolute atomic E-state index is 13.0. The second kappa shape index (κ2) is 61.5. The number of carbonyl (C=O) groups is 2. The Morgan fingerprint density at radius 1 is 0.446 bits per heavy atom. The van der Waals surface area contributed by atoms with Crippen LogP contribution in [-0.4, -0.2) is 100 Å². The minimum Gasteiger partial charge on any atom is -0.466 e. The van der Waals surface area contributed by atoms with E-state index in [9.17, 15) is 35.1 Å². The summed E-state index contributed by atoms with van der Waals surface area (Å²) < 4.78 is 16.7. The molecule has 83 heavy (non-hydrogen) atoms. The Balaban J connectivity index is 1.89. The fourth-order valence-corrected chi connectivity index (χ4v) is 11.4. The Labute approximate surface area is 511 Å². The average Bonchev–Trinajstić information content (AvgIpc) is 3.57. The number of rotatable bonds is 63. The van der Waals surface area contributed by atoms with E-state index in [1.54, 1.807) is 6.08 Å². The summed E-state index contributed by atoms with van der Waals surface area (Å²) in [5.74, 6) is -0.176. The molecular formula is C72H135NO10. The zero-order valence-electron chi connectivity index (χ0n) is 54.2. The quantitative estimate of drug-likeness (QED) is 0.0195. The molecule has 0 aromatic rings. The lowest BCUT2D eigenvalue weighted by Gasteiger charge is -2.40. The molecule has 1 aliphatic heterocycles. The van der Waals surface area contributed by atoms with Gasteiger partial charge in [0.2, 0.25) is 5.91 Å². The van der Waals surface area contributed by atoms with Gasteiger partial charge in [-0.15, -0.1) is 0 Å². The van der Waals surface area contributed by atoms with Crippen LogP contribution in [0, 0.1) is 0 Å². The van der Waals surface area contributed by atoms with E-state index in [-0.39, 0.29) is 18.5 Å². The van der Waals surface area contributed by atoms with Crippen molar-refractivity contribution in [3.05, 3.63) is 36.5 Å². The number of nitrogens with one attached hydrogen (secondary N) is 1. The van der Waals surface area contributed by atoms with Gasteiger partial charge in [0.05, 0.1) is 32.0 Å². The molecule has 1 saturated heterocycles. The highest BCUT2D eigenvalue weighted by molar-refractivity contribution is 5.76. The molecule has 0 bridgehead atoms. The molecule has 0 radical (unpaired) electrons. The number of hydrogen-bond donors (Lipinski definition) is 6. The fraction of sp³-hybridized carbons (Fsp3) is 0.889. The van der Waals surface area contributed by atoms with Gasteiger partial charge in [-0.1, -0.05) is 307 Å². The first-order valence-corrected chi connectivity index (χ1v) is 35.8. The van der Waals surface area contributed by atoms with Crippen LogP contribution in [0.2, 0.25) is 0 Å². The van der Waals surface area contributed by atoms with Crippen LogP contribution in [0.3, 0.4) is 0 Å². The molecule has 1 aliphatic rings. The van der Waals surface area contributed by atoms with Crippen molar-refractivity contribution in [3.8, 4) is 0 Å². The van der Waals surface area contributed by atoms with Gasteiger partial charge in [0.1, 0.15) is 24.4 Å². The van der Waals surface area contributed by atoms with Crippen molar-refractivity contribution < 1.29 is 49.3 Å². The molecule has 0 aromatic carbocycles. The van der Waals surface area contributed by atoms with Crippen molar-refractivity contribution in [2.24, 2.45) is 0 Å². The maximum atomic E-state index is 13.0. The highest BCUT2D eigenvalue weighted by atomic mass is 16.7. The smallest absolute Gasteiger partial charge is 0.305 e. The fourth-order valence-electron chi connectivity index (χ4n) is 11.4. The Kier molecular flexibility index (Phi) is 58.5. The first-order valence-electron chi connectivity index (χ1n) is 35.8. The van der Waals surface area contributed by atoms with Crippen LogP contribution in [0.4, 0.5) is 0 Å². The average molecular weight is 1170 g/mol. The van der Waals surface area contributed by atoms with E-state index in [4.69, 9.17) is 14.2 Å². The lowest BCUT2D eigenvalue weighted by atomic mass is 9.99. The second-order valence-corrected chi connectivity index (χ2v) is 24.9. The highest BCUT2D eigenvalue weighted by Crippen LogP contribution is 2.23. The van der Waals surface area contributed by atoms with E-state index in [1.165, 1.54) is 257 Å². The Hall–Kier alpha value is -2.12. The van der Waals surface area contributed by atoms with Gasteiger partial charge in [-0.2, -0.15) is 0 Å². The van der Waals surface area contributed by atoms with Crippen LogP contribution in [0.5, 0.6) is 0 Å². The van der Waals surface area contributed by atoms with Crippen LogP contribution < -0.4 is 5.32 Å². The summed E-state index contributed by atoms with van der Waals surface area (Å²) in [7, 11) is 0. The largest absolute Gasteiger partial charge is 0.466 e. The van der Waals surface area contributed by atoms with Crippen molar-refractivity contribution >= 4 is 11.9 Å². The molecule has 488 valence electrons. The molecular weight excluding hydrogens is 1040 g/mol. The van der Waals surface area contributed by atoms with Gasteiger partial charge in [-0.3, -0.25) is 9.59 Å².